The van der Waals surface area contributed by atoms with Crippen LogP contribution in [0.25, 0.3) is 99.8 Å². The summed E-state index contributed by atoms with van der Waals surface area (Å²) in [5.74, 6) is 2.38. The van der Waals surface area contributed by atoms with Gasteiger partial charge in [-0.3, -0.25) is 4.57 Å². The number of rotatable bonds is 11. The maximum absolute atomic E-state index is 7.14. The summed E-state index contributed by atoms with van der Waals surface area (Å²) >= 11 is 0. The fraction of sp³-hybridized carbons (Fsp3) is 0.178. The van der Waals surface area contributed by atoms with E-state index in [1.807, 2.05) is 18.3 Å². The topological polar surface area (TPSA) is 40.8 Å². The van der Waals surface area contributed by atoms with Gasteiger partial charge in [0, 0.05) is 55.1 Å². The molecule has 0 saturated heterocycles. The van der Waals surface area contributed by atoms with E-state index >= 15 is 0 Å². The van der Waals surface area contributed by atoms with Gasteiger partial charge in [0.15, 0.2) is 0 Å². The van der Waals surface area contributed by atoms with Crippen molar-refractivity contribution in [1.29, 1.82) is 0 Å². The van der Waals surface area contributed by atoms with Crippen LogP contribution in [0.15, 0.2) is 206 Å². The number of nitrogens with zero attached hydrogens (tertiary/aromatic N) is 5. The third-order valence-electron chi connectivity index (χ3n) is 16.0. The fourth-order valence-corrected chi connectivity index (χ4v) is 11.9. The molecule has 0 spiro atoms. The van der Waals surface area contributed by atoms with Crippen LogP contribution in [0.5, 0.6) is 11.5 Å². The Hall–Kier alpha value is -8.31. The second-order valence-corrected chi connectivity index (χ2v) is 23.1. The predicted molar refractivity (Wildman–Crippen MR) is 326 cm³/mol. The van der Waals surface area contributed by atoms with Gasteiger partial charge in [-0.2, -0.15) is 12.1 Å². The molecule has 0 fully saturated rings. The number of imidazole rings is 1. The van der Waals surface area contributed by atoms with E-state index in [9.17, 15) is 0 Å². The summed E-state index contributed by atoms with van der Waals surface area (Å²) < 4.78 is 16.2. The van der Waals surface area contributed by atoms with Crippen LogP contribution < -0.4 is 9.30 Å². The van der Waals surface area contributed by atoms with Crippen LogP contribution in [0.3, 0.4) is 0 Å². The third kappa shape index (κ3) is 9.14. The Balaban J connectivity index is 0.00000637. The molecular weight excluding hydrogens is 1160 g/mol. The number of benzene rings is 9. The fourth-order valence-electron chi connectivity index (χ4n) is 11.9. The van der Waals surface area contributed by atoms with Crippen molar-refractivity contribution >= 4 is 54.6 Å². The number of pyridine rings is 1. The van der Waals surface area contributed by atoms with E-state index < -0.39 is 0 Å². The Kier molecular flexibility index (Phi) is 13.6. The van der Waals surface area contributed by atoms with E-state index in [-0.39, 0.29) is 31.9 Å². The summed E-state index contributed by atoms with van der Waals surface area (Å²) in [6.45, 7) is 18.3. The monoisotopic (exact) mass is 1220 g/mol. The average Bonchev–Trinajstić information content (AvgIpc) is 4.35. The molecule has 6 nitrogen and oxygen atoms in total. The normalized spacial score (nSPS) is 12.1. The summed E-state index contributed by atoms with van der Waals surface area (Å²) in [5, 5.41) is 4.54. The first-order chi connectivity index (χ1) is 38.4. The molecule has 398 valence electrons. The van der Waals surface area contributed by atoms with E-state index in [4.69, 9.17) is 9.72 Å². The van der Waals surface area contributed by atoms with Gasteiger partial charge in [0.05, 0.1) is 27.8 Å². The minimum absolute atomic E-state index is 0. The van der Waals surface area contributed by atoms with Gasteiger partial charge < -0.3 is 18.4 Å². The molecule has 9 aromatic carbocycles. The molecular formula is C73H63N5OPt-2. The summed E-state index contributed by atoms with van der Waals surface area (Å²) in [4.78, 5) is 5.09. The van der Waals surface area contributed by atoms with Gasteiger partial charge >= 0.3 is 0 Å². The second-order valence-electron chi connectivity index (χ2n) is 23.1. The van der Waals surface area contributed by atoms with Gasteiger partial charge in [-0.1, -0.05) is 212 Å². The van der Waals surface area contributed by atoms with E-state index in [0.717, 1.165) is 96.3 Å². The Morgan fingerprint density at radius 1 is 0.525 bits per heavy atom. The van der Waals surface area contributed by atoms with Crippen molar-refractivity contribution in [2.24, 2.45) is 0 Å². The van der Waals surface area contributed by atoms with Gasteiger partial charge in [-0.05, 0) is 116 Å². The third-order valence-corrected chi connectivity index (χ3v) is 16.0. The van der Waals surface area contributed by atoms with Crippen molar-refractivity contribution in [3.8, 4) is 56.6 Å². The molecule has 0 atom stereocenters. The largest absolute Gasteiger partial charge is 0.510 e. The number of para-hydroxylation sites is 6. The Morgan fingerprint density at radius 2 is 1.10 bits per heavy atom. The van der Waals surface area contributed by atoms with Gasteiger partial charge in [0.2, 0.25) is 0 Å². The Morgan fingerprint density at radius 3 is 1.75 bits per heavy atom. The maximum atomic E-state index is 7.14. The van der Waals surface area contributed by atoms with Crippen molar-refractivity contribution in [3.63, 3.8) is 0 Å². The zero-order chi connectivity index (χ0) is 54.2. The molecule has 13 rings (SSSR count). The van der Waals surface area contributed by atoms with Crippen molar-refractivity contribution in [2.75, 3.05) is 0 Å². The molecule has 0 radical (unpaired) electrons. The van der Waals surface area contributed by atoms with E-state index in [0.29, 0.717) is 17.4 Å². The molecule has 13 aromatic rings. The molecule has 0 amide bonds. The zero-order valence-corrected chi connectivity index (χ0v) is 48.9. The van der Waals surface area contributed by atoms with E-state index in [1.165, 1.54) is 33.0 Å². The van der Waals surface area contributed by atoms with Gasteiger partial charge in [0.25, 0.3) is 6.33 Å². The smallest absolute Gasteiger partial charge is 0.268 e. The van der Waals surface area contributed by atoms with Crippen molar-refractivity contribution in [1.82, 2.24) is 18.7 Å². The molecule has 0 bridgehead atoms. The van der Waals surface area contributed by atoms with E-state index in [1.54, 1.807) is 0 Å². The number of ether oxygens (including phenoxy) is 1. The van der Waals surface area contributed by atoms with Crippen LogP contribution >= 0.6 is 0 Å². The van der Waals surface area contributed by atoms with Crippen LogP contribution in [0.2, 0.25) is 0 Å². The molecule has 0 aliphatic rings. The first-order valence-corrected chi connectivity index (χ1v) is 27.8. The van der Waals surface area contributed by atoms with Crippen molar-refractivity contribution < 1.29 is 30.4 Å². The molecule has 7 heteroatoms. The van der Waals surface area contributed by atoms with Crippen LogP contribution in [-0.2, 0) is 31.9 Å². The minimum atomic E-state index is -0.0597. The van der Waals surface area contributed by atoms with Gasteiger partial charge in [0.1, 0.15) is 5.82 Å². The van der Waals surface area contributed by atoms with Crippen molar-refractivity contribution in [2.45, 2.75) is 85.0 Å². The first-order valence-electron chi connectivity index (χ1n) is 27.8. The Labute approximate surface area is 483 Å². The van der Waals surface area contributed by atoms with Crippen LogP contribution in [0.1, 0.15) is 90.8 Å². The number of hydrogen-bond donors (Lipinski definition) is 0. The average molecular weight is 1220 g/mol. The van der Waals surface area contributed by atoms with Crippen LogP contribution in [0.4, 0.5) is 0 Å². The summed E-state index contributed by atoms with van der Waals surface area (Å²) in [5.41, 5.74) is 17.3. The predicted octanol–water partition coefficient (Wildman–Crippen LogP) is 18.5. The molecule has 80 heavy (non-hydrogen) atoms. The quantitative estimate of drug-likeness (QED) is 0.0956. The Bertz CT molecular complexity index is 4380. The van der Waals surface area contributed by atoms with Gasteiger partial charge in [-0.25, -0.2) is 4.98 Å². The molecule has 4 heterocycles. The first kappa shape index (κ1) is 52.4. The summed E-state index contributed by atoms with van der Waals surface area (Å²) in [7, 11) is 0. The molecule has 0 unspecified atom stereocenters. The van der Waals surface area contributed by atoms with E-state index in [2.05, 4.69) is 280 Å². The van der Waals surface area contributed by atoms with Crippen LogP contribution in [-0.4, -0.2) is 18.7 Å². The van der Waals surface area contributed by atoms with Gasteiger partial charge in [-0.15, -0.1) is 24.3 Å². The minimum Gasteiger partial charge on any atom is -0.510 e. The standard InChI is InChI=1S/C73H63N5O.Pt/c1-9-48(10-2)50-38-39-74-69(42-50)78-64-35-19-16-30-61(64)70-67(77-62-33-17-14-28-59(62)60-29-15-18-34-63(60)77)45-56(46-68(70)78)79-55-27-22-26-54(44-55)75-47-76(66-37-21-20-36-65(66)75)71-57(49-24-12-11-13-25-49)31-23-32-58(71)51-40-52(72(3,4)5)43-53(41-51)73(6,7)8;/h11-43,45,48H,9-10H2,1-8H3;/q-2;. The van der Waals surface area contributed by atoms with Crippen LogP contribution in [0, 0.1) is 18.5 Å². The molecule has 0 aliphatic heterocycles. The number of hydrogen-bond acceptors (Lipinski definition) is 2. The molecule has 0 aliphatic carbocycles. The molecule has 0 N–H and O–H groups in total. The molecule has 4 aromatic heterocycles. The second kappa shape index (κ2) is 20.7. The maximum Gasteiger partial charge on any atom is 0.268 e. The number of fused-ring (bicyclic) bond motifs is 7. The number of aromatic nitrogens is 5. The molecule has 0 saturated carbocycles. The summed E-state index contributed by atoms with van der Waals surface area (Å²) in [6.07, 6.45) is 7.95. The SMILES string of the molecule is CCC(CC)c1ccnc(-n2c3[c-]c(Oc4[c-]c(-n5[c-][n+](-c6c(-c7ccccc7)cccc6-c6cc(C(C)(C)C)cc(C(C)(C)C)c6)c6ccccc65)ccc4)cc(-n4c5ccccc5c5ccccc54)c3c3ccccc32)c1.[Pt]. The summed E-state index contributed by atoms with van der Waals surface area (Å²) in [6, 6.07) is 79.4. The van der Waals surface area contributed by atoms with Crippen molar-refractivity contribution in [3.05, 3.63) is 242 Å². The zero-order valence-electron chi connectivity index (χ0n) is 46.6.